The van der Waals surface area contributed by atoms with E-state index in [2.05, 4.69) is 53.2 Å². The van der Waals surface area contributed by atoms with Gasteiger partial charge in [-0.2, -0.15) is 5.10 Å². The molecule has 2 aromatic heterocycles. The Morgan fingerprint density at radius 1 is 0.941 bits per heavy atom. The Hall–Kier alpha value is -3.25. The van der Waals surface area contributed by atoms with Crippen LogP contribution in [0.25, 0.3) is 33.1 Å². The first-order chi connectivity index (χ1) is 16.6. The van der Waals surface area contributed by atoms with E-state index < -0.39 is 0 Å². The van der Waals surface area contributed by atoms with Crippen LogP contribution in [0.3, 0.4) is 0 Å². The van der Waals surface area contributed by atoms with Crippen LogP contribution in [-0.2, 0) is 12.8 Å². The Bertz CT molecular complexity index is 1360. The van der Waals surface area contributed by atoms with E-state index in [0.29, 0.717) is 6.04 Å². The fourth-order valence-corrected chi connectivity index (χ4v) is 5.68. The SMILES string of the molecule is CC(C)N1CCN(C(=O)c2ccc(-c3nc4ccc5[nH]ncc5c4c4c3CCCC4)cc2)CC1. The Labute approximate surface area is 200 Å². The number of amides is 1. The number of hydrogen-bond donors (Lipinski definition) is 1. The summed E-state index contributed by atoms with van der Waals surface area (Å²) in [6, 6.07) is 12.8. The molecule has 1 aliphatic carbocycles. The van der Waals surface area contributed by atoms with E-state index in [1.165, 1.54) is 29.4 Å². The molecule has 2 aliphatic rings. The number of carbonyl (C=O) groups is 1. The van der Waals surface area contributed by atoms with Gasteiger partial charge in [0.25, 0.3) is 5.91 Å². The van der Waals surface area contributed by atoms with Gasteiger partial charge in [-0.05, 0) is 74.9 Å². The number of nitrogens with zero attached hydrogens (tertiary/aromatic N) is 4. The van der Waals surface area contributed by atoms with Crippen molar-refractivity contribution in [1.82, 2.24) is 25.0 Å². The third-order valence-corrected chi connectivity index (χ3v) is 7.63. The van der Waals surface area contributed by atoms with Crippen LogP contribution in [0, 0.1) is 0 Å². The van der Waals surface area contributed by atoms with Crippen molar-refractivity contribution in [2.45, 2.75) is 45.6 Å². The zero-order chi connectivity index (χ0) is 23.2. The molecular weight excluding hydrogens is 422 g/mol. The normalized spacial score (nSPS) is 17.0. The Kier molecular flexibility index (Phi) is 5.33. The van der Waals surface area contributed by atoms with Gasteiger partial charge in [0.2, 0.25) is 0 Å². The smallest absolute Gasteiger partial charge is 0.253 e. The van der Waals surface area contributed by atoms with Gasteiger partial charge in [-0.25, -0.2) is 4.98 Å². The van der Waals surface area contributed by atoms with Crippen LogP contribution < -0.4 is 0 Å². The molecule has 0 atom stereocenters. The van der Waals surface area contributed by atoms with Crippen LogP contribution in [0.4, 0.5) is 0 Å². The van der Waals surface area contributed by atoms with E-state index in [1.807, 2.05) is 23.2 Å². The van der Waals surface area contributed by atoms with Crippen LogP contribution in [0.15, 0.2) is 42.6 Å². The highest BCUT2D eigenvalue weighted by molar-refractivity contribution is 6.07. The Morgan fingerprint density at radius 3 is 2.41 bits per heavy atom. The van der Waals surface area contributed by atoms with Crippen molar-refractivity contribution >= 4 is 27.7 Å². The van der Waals surface area contributed by atoms with E-state index in [9.17, 15) is 4.79 Å². The number of pyridine rings is 1. The molecule has 0 radical (unpaired) electrons. The van der Waals surface area contributed by atoms with Gasteiger partial charge in [-0.3, -0.25) is 14.8 Å². The molecule has 3 heterocycles. The van der Waals surface area contributed by atoms with Crippen LogP contribution in [0.1, 0.15) is 48.2 Å². The minimum atomic E-state index is 0.130. The minimum Gasteiger partial charge on any atom is -0.336 e. The summed E-state index contributed by atoms with van der Waals surface area (Å²) in [5.41, 5.74) is 7.78. The predicted molar refractivity (Wildman–Crippen MR) is 136 cm³/mol. The monoisotopic (exact) mass is 453 g/mol. The van der Waals surface area contributed by atoms with Crippen LogP contribution >= 0.6 is 0 Å². The largest absolute Gasteiger partial charge is 0.336 e. The van der Waals surface area contributed by atoms with E-state index in [0.717, 1.165) is 72.3 Å². The number of piperazine rings is 1. The van der Waals surface area contributed by atoms with Crippen molar-refractivity contribution < 1.29 is 4.79 Å². The van der Waals surface area contributed by atoms with Crippen molar-refractivity contribution in [3.05, 3.63) is 59.3 Å². The van der Waals surface area contributed by atoms with Crippen molar-refractivity contribution in [2.24, 2.45) is 0 Å². The number of hydrogen-bond acceptors (Lipinski definition) is 4. The van der Waals surface area contributed by atoms with Gasteiger partial charge in [0.15, 0.2) is 0 Å². The van der Waals surface area contributed by atoms with Gasteiger partial charge in [-0.1, -0.05) is 12.1 Å². The zero-order valence-electron chi connectivity index (χ0n) is 20.0. The van der Waals surface area contributed by atoms with Gasteiger partial charge in [0.05, 0.1) is 22.9 Å². The van der Waals surface area contributed by atoms with E-state index >= 15 is 0 Å². The molecule has 1 aliphatic heterocycles. The van der Waals surface area contributed by atoms with Gasteiger partial charge >= 0.3 is 0 Å². The lowest BCUT2D eigenvalue weighted by Crippen LogP contribution is -2.50. The molecule has 6 nitrogen and oxygen atoms in total. The predicted octanol–water partition coefficient (Wildman–Crippen LogP) is 4.82. The van der Waals surface area contributed by atoms with Crippen LogP contribution in [0.2, 0.25) is 0 Å². The number of aromatic amines is 1. The molecule has 0 saturated carbocycles. The molecule has 174 valence electrons. The molecule has 4 aromatic rings. The summed E-state index contributed by atoms with van der Waals surface area (Å²) in [6.45, 7) is 7.90. The molecule has 0 bridgehead atoms. The van der Waals surface area contributed by atoms with E-state index in [4.69, 9.17) is 4.98 Å². The van der Waals surface area contributed by atoms with Gasteiger partial charge < -0.3 is 4.90 Å². The first-order valence-corrected chi connectivity index (χ1v) is 12.5. The van der Waals surface area contributed by atoms with E-state index in [-0.39, 0.29) is 5.91 Å². The van der Waals surface area contributed by atoms with Crippen molar-refractivity contribution in [2.75, 3.05) is 26.2 Å². The molecule has 1 amide bonds. The summed E-state index contributed by atoms with van der Waals surface area (Å²) in [4.78, 5) is 22.7. The number of rotatable bonds is 3. The zero-order valence-corrected chi connectivity index (χ0v) is 20.0. The number of H-pyrrole nitrogens is 1. The summed E-state index contributed by atoms with van der Waals surface area (Å²) in [5, 5.41) is 9.77. The molecule has 6 rings (SSSR count). The van der Waals surface area contributed by atoms with Crippen LogP contribution in [-0.4, -0.2) is 63.1 Å². The average molecular weight is 454 g/mol. The van der Waals surface area contributed by atoms with Gasteiger partial charge in [0, 0.05) is 54.1 Å². The summed E-state index contributed by atoms with van der Waals surface area (Å²) in [5.74, 6) is 0.130. The third kappa shape index (κ3) is 3.57. The maximum absolute atomic E-state index is 13.1. The maximum Gasteiger partial charge on any atom is 0.253 e. The molecule has 6 heteroatoms. The maximum atomic E-state index is 13.1. The fraction of sp³-hybridized carbons (Fsp3) is 0.393. The molecule has 34 heavy (non-hydrogen) atoms. The van der Waals surface area contributed by atoms with E-state index in [1.54, 1.807) is 0 Å². The first kappa shape index (κ1) is 21.3. The highest BCUT2D eigenvalue weighted by Gasteiger charge is 2.24. The average Bonchev–Trinajstić information content (AvgIpc) is 3.37. The second-order valence-corrected chi connectivity index (χ2v) is 9.91. The molecule has 0 unspecified atom stereocenters. The lowest BCUT2D eigenvalue weighted by molar-refractivity contribution is 0.0595. The van der Waals surface area contributed by atoms with Crippen molar-refractivity contribution in [3.8, 4) is 11.3 Å². The second-order valence-electron chi connectivity index (χ2n) is 9.91. The summed E-state index contributed by atoms with van der Waals surface area (Å²) >= 11 is 0. The number of benzene rings is 2. The molecular formula is C28H31N5O. The summed E-state index contributed by atoms with van der Waals surface area (Å²) in [6.07, 6.45) is 6.44. The quantitative estimate of drug-likeness (QED) is 0.483. The first-order valence-electron chi connectivity index (χ1n) is 12.5. The standard InChI is InChI=1S/C28H31N5O/c1-18(2)32-13-15-33(16-14-32)28(34)20-9-7-19(8-10-20)27-22-6-4-3-5-21(22)26-23-17-29-31-24(23)11-12-25(26)30-27/h7-12,17-18H,3-6,13-16H2,1-2H3,(H,29,31). The van der Waals surface area contributed by atoms with Crippen molar-refractivity contribution in [1.29, 1.82) is 0 Å². The minimum absolute atomic E-state index is 0.130. The van der Waals surface area contributed by atoms with Gasteiger partial charge in [0.1, 0.15) is 0 Å². The third-order valence-electron chi connectivity index (χ3n) is 7.63. The highest BCUT2D eigenvalue weighted by Crippen LogP contribution is 2.37. The Morgan fingerprint density at radius 2 is 1.68 bits per heavy atom. The van der Waals surface area contributed by atoms with Crippen molar-refractivity contribution in [3.63, 3.8) is 0 Å². The molecule has 0 spiro atoms. The second kappa shape index (κ2) is 8.51. The summed E-state index contributed by atoms with van der Waals surface area (Å²) in [7, 11) is 0. The molecule has 2 aromatic carbocycles. The Balaban J connectivity index is 1.33. The van der Waals surface area contributed by atoms with Crippen LogP contribution in [0.5, 0.6) is 0 Å². The lowest BCUT2D eigenvalue weighted by atomic mass is 9.85. The molecule has 1 fully saturated rings. The molecule has 1 N–H and O–H groups in total. The molecule has 1 saturated heterocycles. The topological polar surface area (TPSA) is 65.1 Å². The highest BCUT2D eigenvalue weighted by atomic mass is 16.2. The lowest BCUT2D eigenvalue weighted by Gasteiger charge is -2.37. The van der Waals surface area contributed by atoms with Gasteiger partial charge in [-0.15, -0.1) is 0 Å². The number of nitrogens with one attached hydrogen (secondary N) is 1. The number of fused-ring (bicyclic) bond motifs is 5. The summed E-state index contributed by atoms with van der Waals surface area (Å²) < 4.78 is 0. The number of carbonyl (C=O) groups excluding carboxylic acids is 1. The fourth-order valence-electron chi connectivity index (χ4n) is 5.68. The number of aromatic nitrogens is 3. The number of aryl methyl sites for hydroxylation is 1.